The molecule has 0 aliphatic carbocycles. The molecule has 3 aromatic rings. The van der Waals surface area contributed by atoms with E-state index in [0.717, 1.165) is 22.4 Å². The van der Waals surface area contributed by atoms with Crippen LogP contribution in [0.25, 0.3) is 22.4 Å². The van der Waals surface area contributed by atoms with Gasteiger partial charge in [-0.1, -0.05) is 42.5 Å². The normalized spacial score (nSPS) is 10.8. The Labute approximate surface area is 116 Å². The number of hydrogen-bond donors (Lipinski definition) is 0. The largest absolute Gasteiger partial charge is 0.410 e. The molecule has 3 rings (SSSR count). The van der Waals surface area contributed by atoms with Crippen LogP contribution >= 0.6 is 11.6 Å². The predicted molar refractivity (Wildman–Crippen MR) is 77.3 cm³/mol. The van der Waals surface area contributed by atoms with Crippen LogP contribution in [0.4, 0.5) is 0 Å². The third-order valence-electron chi connectivity index (χ3n) is 2.85. The summed E-state index contributed by atoms with van der Waals surface area (Å²) in [7, 11) is 0. The number of rotatable bonds is 4. The Morgan fingerprint density at radius 3 is 2.53 bits per heavy atom. The summed E-state index contributed by atoms with van der Waals surface area (Å²) in [6.45, 7) is 0.446. The van der Waals surface area contributed by atoms with E-state index in [1.165, 1.54) is 0 Å². The molecule has 0 atom stereocenters. The number of alkyl halides is 1. The molecule has 0 radical (unpaired) electrons. The lowest BCUT2D eigenvalue weighted by Gasteiger charge is -2.09. The van der Waals surface area contributed by atoms with Crippen molar-refractivity contribution in [3.8, 4) is 11.4 Å². The minimum atomic E-state index is 0.445. The maximum absolute atomic E-state index is 5.72. The van der Waals surface area contributed by atoms with Crippen molar-refractivity contribution >= 4 is 22.6 Å². The first-order valence-corrected chi connectivity index (χ1v) is 6.66. The highest BCUT2D eigenvalue weighted by molar-refractivity contribution is 6.17. The molecule has 0 amide bonds. The second-order valence-electron chi connectivity index (χ2n) is 4.11. The van der Waals surface area contributed by atoms with E-state index >= 15 is 0 Å². The Balaban J connectivity index is 2.17. The Morgan fingerprint density at radius 2 is 1.74 bits per heavy atom. The maximum atomic E-state index is 5.72. The highest BCUT2D eigenvalue weighted by Crippen LogP contribution is 2.23. The fraction of sp³-hybridized carbons (Fsp3) is 0.133. The van der Waals surface area contributed by atoms with Crippen LogP contribution in [0.3, 0.4) is 0 Å². The summed E-state index contributed by atoms with van der Waals surface area (Å²) in [6, 6.07) is 17.9. The van der Waals surface area contributed by atoms with Crippen LogP contribution in [0.2, 0.25) is 0 Å². The van der Waals surface area contributed by atoms with Crippen LogP contribution < -0.4 is 4.84 Å². The molecule has 1 heterocycles. The molecule has 4 heteroatoms. The average Bonchev–Trinajstić information content (AvgIpc) is 2.85. The Morgan fingerprint density at radius 1 is 1.00 bits per heavy atom. The number of benzene rings is 2. The van der Waals surface area contributed by atoms with Crippen molar-refractivity contribution in [1.82, 2.24) is 9.71 Å². The summed E-state index contributed by atoms with van der Waals surface area (Å²) < 4.78 is 1.76. The van der Waals surface area contributed by atoms with E-state index in [-0.39, 0.29) is 0 Å². The van der Waals surface area contributed by atoms with Crippen molar-refractivity contribution in [1.29, 1.82) is 0 Å². The van der Waals surface area contributed by atoms with E-state index in [1.807, 2.05) is 54.6 Å². The summed E-state index contributed by atoms with van der Waals surface area (Å²) in [4.78, 5) is 10.3. The smallest absolute Gasteiger partial charge is 0.176 e. The van der Waals surface area contributed by atoms with Crippen molar-refractivity contribution in [2.45, 2.75) is 0 Å². The molecular weight excluding hydrogens is 260 g/mol. The van der Waals surface area contributed by atoms with Crippen LogP contribution in [0, 0.1) is 0 Å². The van der Waals surface area contributed by atoms with E-state index in [1.54, 1.807) is 4.73 Å². The second kappa shape index (κ2) is 5.33. The molecule has 3 nitrogen and oxygen atoms in total. The molecular formula is C15H13ClN2O. The Kier molecular flexibility index (Phi) is 3.38. The molecule has 0 spiro atoms. The molecule has 0 saturated heterocycles. The summed E-state index contributed by atoms with van der Waals surface area (Å²) in [5, 5.41) is 0. The maximum Gasteiger partial charge on any atom is 0.176 e. The highest BCUT2D eigenvalue weighted by atomic mass is 35.5. The summed E-state index contributed by atoms with van der Waals surface area (Å²) in [5.41, 5.74) is 2.88. The molecule has 0 bridgehead atoms. The number of aromatic nitrogens is 2. The minimum absolute atomic E-state index is 0.445. The van der Waals surface area contributed by atoms with E-state index in [4.69, 9.17) is 16.4 Å². The zero-order valence-electron chi connectivity index (χ0n) is 10.3. The van der Waals surface area contributed by atoms with Gasteiger partial charge >= 0.3 is 0 Å². The second-order valence-corrected chi connectivity index (χ2v) is 4.48. The molecule has 1 aromatic heterocycles. The molecule has 2 aromatic carbocycles. The van der Waals surface area contributed by atoms with Gasteiger partial charge in [0.05, 0.1) is 11.4 Å². The van der Waals surface area contributed by atoms with Gasteiger partial charge in [-0.25, -0.2) is 4.98 Å². The summed E-state index contributed by atoms with van der Waals surface area (Å²) >= 11 is 5.71. The SMILES string of the molecule is ClCCOn1c(-c2ccccc2)nc2ccccc21. The van der Waals surface area contributed by atoms with Gasteiger partial charge in [-0.05, 0) is 12.1 Å². The van der Waals surface area contributed by atoms with Crippen LogP contribution in [-0.2, 0) is 0 Å². The standard InChI is InChI=1S/C15H13ClN2O/c16-10-11-19-18-14-9-5-4-8-13(14)17-15(18)12-6-2-1-3-7-12/h1-9H,10-11H2. The fourth-order valence-electron chi connectivity index (χ4n) is 2.03. The van der Waals surface area contributed by atoms with Crippen LogP contribution in [0.15, 0.2) is 54.6 Å². The molecule has 0 unspecified atom stereocenters. The number of nitrogens with zero attached hydrogens (tertiary/aromatic N) is 2. The van der Waals surface area contributed by atoms with Gasteiger partial charge in [0.15, 0.2) is 5.82 Å². The molecule has 19 heavy (non-hydrogen) atoms. The first-order chi connectivity index (χ1) is 9.40. The van der Waals surface area contributed by atoms with E-state index in [2.05, 4.69) is 4.98 Å². The average molecular weight is 273 g/mol. The van der Waals surface area contributed by atoms with Gasteiger partial charge in [0.25, 0.3) is 0 Å². The first-order valence-electron chi connectivity index (χ1n) is 6.12. The lowest BCUT2D eigenvalue weighted by Crippen LogP contribution is -2.14. The number of hydrogen-bond acceptors (Lipinski definition) is 2. The van der Waals surface area contributed by atoms with Crippen LogP contribution in [-0.4, -0.2) is 22.2 Å². The third kappa shape index (κ3) is 2.29. The molecule has 0 aliphatic heterocycles. The molecule has 0 N–H and O–H groups in total. The number of para-hydroxylation sites is 2. The Hall–Kier alpha value is -2.00. The van der Waals surface area contributed by atoms with Gasteiger partial charge in [0.2, 0.25) is 0 Å². The van der Waals surface area contributed by atoms with Gasteiger partial charge in [-0.2, -0.15) is 4.73 Å². The first kappa shape index (κ1) is 12.1. The monoisotopic (exact) mass is 272 g/mol. The van der Waals surface area contributed by atoms with Crippen LogP contribution in [0.1, 0.15) is 0 Å². The highest BCUT2D eigenvalue weighted by Gasteiger charge is 2.12. The lowest BCUT2D eigenvalue weighted by atomic mass is 10.2. The minimum Gasteiger partial charge on any atom is -0.410 e. The topological polar surface area (TPSA) is 27.1 Å². The Bertz CT molecular complexity index is 679. The van der Waals surface area contributed by atoms with Gasteiger partial charge in [-0.3, -0.25) is 0 Å². The number of imidazole rings is 1. The zero-order chi connectivity index (χ0) is 13.1. The molecule has 96 valence electrons. The van der Waals surface area contributed by atoms with E-state index in [9.17, 15) is 0 Å². The van der Waals surface area contributed by atoms with Gasteiger partial charge in [0.1, 0.15) is 12.1 Å². The van der Waals surface area contributed by atoms with Crippen molar-refractivity contribution in [3.63, 3.8) is 0 Å². The lowest BCUT2D eigenvalue weighted by molar-refractivity contribution is 0.136. The summed E-state index contributed by atoms with van der Waals surface area (Å²) in [5.74, 6) is 1.24. The molecule has 0 fully saturated rings. The zero-order valence-corrected chi connectivity index (χ0v) is 11.0. The van der Waals surface area contributed by atoms with Crippen molar-refractivity contribution in [2.24, 2.45) is 0 Å². The van der Waals surface area contributed by atoms with E-state index in [0.29, 0.717) is 12.5 Å². The number of fused-ring (bicyclic) bond motifs is 1. The van der Waals surface area contributed by atoms with E-state index < -0.39 is 0 Å². The van der Waals surface area contributed by atoms with Gasteiger partial charge < -0.3 is 4.84 Å². The molecule has 0 saturated carbocycles. The van der Waals surface area contributed by atoms with Gasteiger partial charge in [0, 0.05) is 5.56 Å². The quantitative estimate of drug-likeness (QED) is 0.681. The molecule has 0 aliphatic rings. The third-order valence-corrected chi connectivity index (χ3v) is 3.00. The summed E-state index contributed by atoms with van der Waals surface area (Å²) in [6.07, 6.45) is 0. The van der Waals surface area contributed by atoms with Crippen molar-refractivity contribution < 1.29 is 4.84 Å². The van der Waals surface area contributed by atoms with Gasteiger partial charge in [-0.15, -0.1) is 11.6 Å². The predicted octanol–water partition coefficient (Wildman–Crippen LogP) is 3.37. The van der Waals surface area contributed by atoms with Crippen molar-refractivity contribution in [2.75, 3.05) is 12.5 Å². The van der Waals surface area contributed by atoms with Crippen molar-refractivity contribution in [3.05, 3.63) is 54.6 Å². The number of halogens is 1. The van der Waals surface area contributed by atoms with Crippen LogP contribution in [0.5, 0.6) is 0 Å². The fourth-order valence-corrected chi connectivity index (χ4v) is 2.10.